The molecule has 1 aromatic heterocycles. The Hall–Kier alpha value is -1.81. The smallest absolute Gasteiger partial charge is 0.0597 e. The minimum absolute atomic E-state index is 0.917. The van der Waals surface area contributed by atoms with Gasteiger partial charge in [0.2, 0.25) is 0 Å². The minimum atomic E-state index is 0.917. The van der Waals surface area contributed by atoms with Crippen LogP contribution in [0.1, 0.15) is 29.4 Å². The highest BCUT2D eigenvalue weighted by molar-refractivity contribution is 5.52. The van der Waals surface area contributed by atoms with E-state index in [9.17, 15) is 0 Å². The van der Waals surface area contributed by atoms with Crippen molar-refractivity contribution in [3.05, 3.63) is 46.8 Å². The maximum atomic E-state index is 6.04. The Morgan fingerprint density at radius 2 is 2.16 bits per heavy atom. The normalized spacial score (nSPS) is 14.8. The molecular weight excluding hydrogens is 236 g/mol. The minimum Gasteiger partial charge on any atom is -0.398 e. The average molecular weight is 256 g/mol. The Balaban J connectivity index is 1.78. The molecule has 1 aromatic carbocycles. The van der Waals surface area contributed by atoms with Crippen molar-refractivity contribution in [2.24, 2.45) is 0 Å². The number of nitrogen functional groups attached to an aromatic ring is 1. The fourth-order valence-electron chi connectivity index (χ4n) is 2.86. The van der Waals surface area contributed by atoms with Crippen LogP contribution in [0.3, 0.4) is 0 Å². The lowest BCUT2D eigenvalue weighted by Gasteiger charge is -2.15. The Kier molecular flexibility index (Phi) is 3.03. The summed E-state index contributed by atoms with van der Waals surface area (Å²) in [7, 11) is 0. The Bertz CT molecular complexity index is 600. The highest BCUT2D eigenvalue weighted by Gasteiger charge is 2.21. The van der Waals surface area contributed by atoms with Gasteiger partial charge in [0.05, 0.1) is 11.4 Å². The van der Waals surface area contributed by atoms with Crippen LogP contribution in [0, 0.1) is 6.92 Å². The van der Waals surface area contributed by atoms with Gasteiger partial charge in [0, 0.05) is 31.9 Å². The zero-order valence-electron chi connectivity index (χ0n) is 11.6. The molecule has 2 N–H and O–H groups in total. The van der Waals surface area contributed by atoms with E-state index in [1.807, 2.05) is 19.1 Å². The number of fused-ring (bicyclic) bond motifs is 1. The van der Waals surface area contributed by atoms with E-state index < -0.39 is 0 Å². The summed E-state index contributed by atoms with van der Waals surface area (Å²) >= 11 is 0. The molecule has 0 bridgehead atoms. The van der Waals surface area contributed by atoms with Gasteiger partial charge in [0.25, 0.3) is 0 Å². The lowest BCUT2D eigenvalue weighted by molar-refractivity contribution is 0.266. The topological polar surface area (TPSA) is 47.1 Å². The van der Waals surface area contributed by atoms with Gasteiger partial charge in [-0.05, 0) is 37.1 Å². The zero-order valence-corrected chi connectivity index (χ0v) is 11.6. The SMILES string of the molecule is CCn1nc(C)cc1CN1Cc2cccc(N)c2C1. The fourth-order valence-corrected chi connectivity index (χ4v) is 2.86. The van der Waals surface area contributed by atoms with E-state index in [2.05, 4.69) is 33.7 Å². The van der Waals surface area contributed by atoms with E-state index in [1.54, 1.807) is 0 Å². The van der Waals surface area contributed by atoms with Gasteiger partial charge in [-0.2, -0.15) is 5.10 Å². The predicted molar refractivity (Wildman–Crippen MR) is 76.4 cm³/mol. The van der Waals surface area contributed by atoms with E-state index in [0.717, 1.165) is 37.6 Å². The number of nitrogens with zero attached hydrogens (tertiary/aromatic N) is 3. The second-order valence-electron chi connectivity index (χ2n) is 5.22. The lowest BCUT2D eigenvalue weighted by atomic mass is 10.1. The molecule has 1 aliphatic rings. The van der Waals surface area contributed by atoms with Crippen LogP contribution in [0.15, 0.2) is 24.3 Å². The second-order valence-corrected chi connectivity index (χ2v) is 5.22. The standard InChI is InChI=1S/C15H20N4/c1-3-19-13(7-11(2)17-19)9-18-8-12-5-4-6-15(16)14(12)10-18/h4-7H,3,8-10,16H2,1-2H3. The molecule has 2 heterocycles. The lowest BCUT2D eigenvalue weighted by Crippen LogP contribution is -2.18. The summed E-state index contributed by atoms with van der Waals surface area (Å²) in [6.07, 6.45) is 0. The van der Waals surface area contributed by atoms with Crippen molar-refractivity contribution in [2.45, 2.75) is 40.0 Å². The highest BCUT2D eigenvalue weighted by atomic mass is 15.3. The molecule has 0 radical (unpaired) electrons. The third-order valence-corrected chi connectivity index (χ3v) is 3.76. The van der Waals surface area contributed by atoms with Crippen molar-refractivity contribution < 1.29 is 0 Å². The van der Waals surface area contributed by atoms with Gasteiger partial charge >= 0.3 is 0 Å². The fraction of sp³-hybridized carbons (Fsp3) is 0.400. The number of benzene rings is 1. The van der Waals surface area contributed by atoms with Crippen molar-refractivity contribution in [2.75, 3.05) is 5.73 Å². The Morgan fingerprint density at radius 3 is 2.89 bits per heavy atom. The van der Waals surface area contributed by atoms with Crippen molar-refractivity contribution in [1.82, 2.24) is 14.7 Å². The number of hydrogen-bond donors (Lipinski definition) is 1. The molecule has 0 amide bonds. The van der Waals surface area contributed by atoms with Crippen LogP contribution in [0.5, 0.6) is 0 Å². The van der Waals surface area contributed by atoms with Crippen LogP contribution >= 0.6 is 0 Å². The van der Waals surface area contributed by atoms with Crippen LogP contribution in [-0.4, -0.2) is 14.7 Å². The molecule has 100 valence electrons. The molecule has 0 spiro atoms. The Labute approximate surface area is 113 Å². The van der Waals surface area contributed by atoms with Crippen LogP contribution in [-0.2, 0) is 26.2 Å². The number of aromatic nitrogens is 2. The molecule has 4 nitrogen and oxygen atoms in total. The van der Waals surface area contributed by atoms with Gasteiger partial charge in [-0.1, -0.05) is 12.1 Å². The van der Waals surface area contributed by atoms with Crippen molar-refractivity contribution in [1.29, 1.82) is 0 Å². The van der Waals surface area contributed by atoms with Gasteiger partial charge < -0.3 is 5.73 Å². The third-order valence-electron chi connectivity index (χ3n) is 3.76. The molecular formula is C15H20N4. The molecule has 0 unspecified atom stereocenters. The molecule has 0 aliphatic carbocycles. The van der Waals surface area contributed by atoms with E-state index >= 15 is 0 Å². The number of rotatable bonds is 3. The highest BCUT2D eigenvalue weighted by Crippen LogP contribution is 2.28. The van der Waals surface area contributed by atoms with Crippen molar-refractivity contribution in [3.8, 4) is 0 Å². The third kappa shape index (κ3) is 2.24. The van der Waals surface area contributed by atoms with E-state index in [-0.39, 0.29) is 0 Å². The molecule has 1 aliphatic heterocycles. The first kappa shape index (κ1) is 12.2. The van der Waals surface area contributed by atoms with Gasteiger partial charge in [0.15, 0.2) is 0 Å². The van der Waals surface area contributed by atoms with E-state index in [0.29, 0.717) is 0 Å². The molecule has 19 heavy (non-hydrogen) atoms. The number of anilines is 1. The molecule has 2 aromatic rings. The maximum absolute atomic E-state index is 6.04. The second kappa shape index (κ2) is 4.70. The first-order chi connectivity index (χ1) is 9.17. The van der Waals surface area contributed by atoms with Crippen LogP contribution in [0.4, 0.5) is 5.69 Å². The summed E-state index contributed by atoms with van der Waals surface area (Å²) in [6.45, 7) is 7.96. The quantitative estimate of drug-likeness (QED) is 0.857. The van der Waals surface area contributed by atoms with Gasteiger partial charge in [0.1, 0.15) is 0 Å². The Morgan fingerprint density at radius 1 is 1.32 bits per heavy atom. The van der Waals surface area contributed by atoms with Crippen molar-refractivity contribution >= 4 is 5.69 Å². The van der Waals surface area contributed by atoms with E-state index in [1.165, 1.54) is 16.8 Å². The summed E-state index contributed by atoms with van der Waals surface area (Å²) in [6, 6.07) is 8.38. The van der Waals surface area contributed by atoms with Gasteiger partial charge in [-0.3, -0.25) is 9.58 Å². The molecule has 3 rings (SSSR count). The summed E-state index contributed by atoms with van der Waals surface area (Å²) in [4.78, 5) is 2.42. The summed E-state index contributed by atoms with van der Waals surface area (Å²) < 4.78 is 2.08. The van der Waals surface area contributed by atoms with E-state index in [4.69, 9.17) is 5.73 Å². The van der Waals surface area contributed by atoms with Crippen molar-refractivity contribution in [3.63, 3.8) is 0 Å². The first-order valence-corrected chi connectivity index (χ1v) is 6.79. The molecule has 4 heteroatoms. The van der Waals surface area contributed by atoms with Crippen LogP contribution in [0.25, 0.3) is 0 Å². The average Bonchev–Trinajstić information content (AvgIpc) is 2.94. The predicted octanol–water partition coefficient (Wildman–Crippen LogP) is 2.31. The number of nitrogens with two attached hydrogens (primary N) is 1. The summed E-state index contributed by atoms with van der Waals surface area (Å²) in [5.74, 6) is 0. The summed E-state index contributed by atoms with van der Waals surface area (Å²) in [5, 5.41) is 4.50. The largest absolute Gasteiger partial charge is 0.398 e. The molecule has 0 fully saturated rings. The maximum Gasteiger partial charge on any atom is 0.0597 e. The zero-order chi connectivity index (χ0) is 13.4. The number of aryl methyl sites for hydroxylation is 2. The monoisotopic (exact) mass is 256 g/mol. The van der Waals surface area contributed by atoms with Gasteiger partial charge in [-0.15, -0.1) is 0 Å². The molecule has 0 atom stereocenters. The van der Waals surface area contributed by atoms with Gasteiger partial charge in [-0.25, -0.2) is 0 Å². The summed E-state index contributed by atoms with van der Waals surface area (Å²) in [5.41, 5.74) is 12.0. The number of hydrogen-bond acceptors (Lipinski definition) is 3. The molecule has 0 saturated heterocycles. The first-order valence-electron chi connectivity index (χ1n) is 6.79. The molecule has 0 saturated carbocycles. The van der Waals surface area contributed by atoms with Crippen LogP contribution in [0.2, 0.25) is 0 Å². The van der Waals surface area contributed by atoms with Crippen LogP contribution < -0.4 is 5.73 Å².